The van der Waals surface area contributed by atoms with Crippen molar-refractivity contribution in [3.8, 4) is 5.75 Å². The lowest BCUT2D eigenvalue weighted by molar-refractivity contribution is 0.476. The summed E-state index contributed by atoms with van der Waals surface area (Å²) in [6, 6.07) is 9.66. The molecule has 0 bridgehead atoms. The van der Waals surface area contributed by atoms with E-state index >= 15 is 0 Å². The van der Waals surface area contributed by atoms with E-state index in [0.717, 1.165) is 16.4 Å². The molecule has 0 saturated heterocycles. The maximum absolute atomic E-state index is 9.85. The van der Waals surface area contributed by atoms with Crippen LogP contribution in [0.5, 0.6) is 5.75 Å². The Balaban J connectivity index is 2.41. The minimum Gasteiger partial charge on any atom is -0.508 e. The summed E-state index contributed by atoms with van der Waals surface area (Å²) in [5.74, 6) is 0.304. The highest BCUT2D eigenvalue weighted by molar-refractivity contribution is 6.16. The third kappa shape index (κ3) is 1.46. The van der Waals surface area contributed by atoms with Crippen molar-refractivity contribution >= 4 is 32.7 Å². The van der Waals surface area contributed by atoms with E-state index in [4.69, 9.17) is 0 Å². The van der Waals surface area contributed by atoms with Crippen molar-refractivity contribution in [1.82, 2.24) is 9.55 Å². The summed E-state index contributed by atoms with van der Waals surface area (Å²) in [5.41, 5.74) is 5.78. The van der Waals surface area contributed by atoms with Crippen LogP contribution in [0.4, 0.5) is 0 Å². The molecule has 0 spiro atoms. The molecule has 1 N–H and O–H groups in total. The molecule has 0 unspecified atom stereocenters. The molecule has 21 heavy (non-hydrogen) atoms. The Morgan fingerprint density at radius 1 is 1.05 bits per heavy atom. The van der Waals surface area contributed by atoms with Crippen LogP contribution in [-0.4, -0.2) is 14.7 Å². The van der Waals surface area contributed by atoms with Gasteiger partial charge in [0.05, 0.1) is 11.0 Å². The molecule has 0 aliphatic carbocycles. The molecule has 0 amide bonds. The number of pyridine rings is 1. The number of benzene rings is 2. The van der Waals surface area contributed by atoms with Gasteiger partial charge in [0.25, 0.3) is 0 Å². The number of phenols is 1. The van der Waals surface area contributed by atoms with Crippen LogP contribution in [0.15, 0.2) is 36.5 Å². The number of hydrogen-bond donors (Lipinski definition) is 1. The molecule has 104 valence electrons. The molecule has 0 aliphatic heterocycles. The molecule has 4 rings (SSSR count). The van der Waals surface area contributed by atoms with Gasteiger partial charge >= 0.3 is 0 Å². The van der Waals surface area contributed by atoms with E-state index < -0.39 is 0 Å². The van der Waals surface area contributed by atoms with Crippen LogP contribution in [0.1, 0.15) is 11.1 Å². The molecule has 3 heteroatoms. The van der Waals surface area contributed by atoms with Crippen LogP contribution in [0.2, 0.25) is 0 Å². The van der Waals surface area contributed by atoms with Crippen LogP contribution < -0.4 is 0 Å². The maximum Gasteiger partial charge on any atom is 0.116 e. The number of hydrogen-bond acceptors (Lipinski definition) is 2. The lowest BCUT2D eigenvalue weighted by Gasteiger charge is -2.09. The van der Waals surface area contributed by atoms with Gasteiger partial charge in [-0.15, -0.1) is 0 Å². The third-order valence-corrected chi connectivity index (χ3v) is 4.48. The van der Waals surface area contributed by atoms with E-state index in [-0.39, 0.29) is 0 Å². The van der Waals surface area contributed by atoms with Gasteiger partial charge in [0.2, 0.25) is 0 Å². The number of rotatable bonds is 0. The van der Waals surface area contributed by atoms with Gasteiger partial charge in [-0.3, -0.25) is 4.98 Å². The highest BCUT2D eigenvalue weighted by atomic mass is 16.3. The summed E-state index contributed by atoms with van der Waals surface area (Å²) < 4.78 is 2.19. The van der Waals surface area contributed by atoms with Crippen molar-refractivity contribution < 1.29 is 5.11 Å². The molecule has 0 atom stereocenters. The monoisotopic (exact) mass is 276 g/mol. The minimum atomic E-state index is 0.304. The Morgan fingerprint density at radius 2 is 1.86 bits per heavy atom. The molecular weight excluding hydrogens is 260 g/mol. The Kier molecular flexibility index (Phi) is 2.31. The lowest BCUT2D eigenvalue weighted by atomic mass is 9.99. The van der Waals surface area contributed by atoms with E-state index in [1.165, 1.54) is 27.4 Å². The Bertz CT molecular complexity index is 1030. The number of phenolic OH excluding ortho intramolecular Hbond substituents is 1. The molecule has 0 radical (unpaired) electrons. The fraction of sp³-hybridized carbons (Fsp3) is 0.167. The summed E-state index contributed by atoms with van der Waals surface area (Å²) >= 11 is 0. The molecule has 0 aliphatic rings. The third-order valence-electron chi connectivity index (χ3n) is 4.48. The van der Waals surface area contributed by atoms with E-state index in [2.05, 4.69) is 36.5 Å². The molecule has 3 nitrogen and oxygen atoms in total. The number of aromatic nitrogens is 2. The standard InChI is InChI=1S/C18H16N2O/c1-10-13-5-4-8-19-17(13)11(2)18-16(10)14-9-12(21)6-7-15(14)20(18)3/h4-9,21H,1-3H3. The number of fused-ring (bicyclic) bond motifs is 4. The summed E-state index contributed by atoms with van der Waals surface area (Å²) in [6.07, 6.45) is 1.84. The predicted octanol–water partition coefficient (Wildman–Crippen LogP) is 4.20. The molecular formula is C18H16N2O. The highest BCUT2D eigenvalue weighted by Crippen LogP contribution is 2.38. The molecule has 0 saturated carbocycles. The van der Waals surface area contributed by atoms with E-state index in [1.807, 2.05) is 24.4 Å². The van der Waals surface area contributed by atoms with Gasteiger partial charge in [0, 0.05) is 34.9 Å². The zero-order valence-corrected chi connectivity index (χ0v) is 12.3. The first-order valence-corrected chi connectivity index (χ1v) is 7.04. The number of aromatic hydroxyl groups is 1. The van der Waals surface area contributed by atoms with Gasteiger partial charge in [-0.1, -0.05) is 6.07 Å². The van der Waals surface area contributed by atoms with Crippen molar-refractivity contribution in [2.45, 2.75) is 13.8 Å². The fourth-order valence-electron chi connectivity index (χ4n) is 3.50. The second-order valence-corrected chi connectivity index (χ2v) is 5.63. The summed E-state index contributed by atoms with van der Waals surface area (Å²) in [6.45, 7) is 4.26. The minimum absolute atomic E-state index is 0.304. The molecule has 2 aromatic heterocycles. The zero-order chi connectivity index (χ0) is 14.7. The van der Waals surface area contributed by atoms with Crippen molar-refractivity contribution in [2.24, 2.45) is 7.05 Å². The molecule has 0 fully saturated rings. The number of aryl methyl sites for hydroxylation is 3. The van der Waals surface area contributed by atoms with Crippen LogP contribution in [0.3, 0.4) is 0 Å². The van der Waals surface area contributed by atoms with Crippen LogP contribution in [0.25, 0.3) is 32.7 Å². The Hall–Kier alpha value is -2.55. The Morgan fingerprint density at radius 3 is 2.67 bits per heavy atom. The van der Waals surface area contributed by atoms with Gasteiger partial charge in [-0.25, -0.2) is 0 Å². The van der Waals surface area contributed by atoms with Gasteiger partial charge in [0.1, 0.15) is 5.75 Å². The SMILES string of the molecule is Cc1c2cccnc2c(C)c2c1c1cc(O)ccc1n2C. The van der Waals surface area contributed by atoms with Crippen LogP contribution in [0, 0.1) is 13.8 Å². The second-order valence-electron chi connectivity index (χ2n) is 5.63. The molecule has 2 aromatic carbocycles. The van der Waals surface area contributed by atoms with E-state index in [0.29, 0.717) is 5.75 Å². The van der Waals surface area contributed by atoms with Crippen LogP contribution >= 0.6 is 0 Å². The first-order valence-electron chi connectivity index (χ1n) is 7.04. The quantitative estimate of drug-likeness (QED) is 0.522. The van der Waals surface area contributed by atoms with Crippen LogP contribution in [-0.2, 0) is 7.05 Å². The highest BCUT2D eigenvalue weighted by Gasteiger charge is 2.17. The van der Waals surface area contributed by atoms with Gasteiger partial charge in [-0.2, -0.15) is 0 Å². The summed E-state index contributed by atoms with van der Waals surface area (Å²) in [5, 5.41) is 13.3. The lowest BCUT2D eigenvalue weighted by Crippen LogP contribution is -1.93. The Labute approximate surface area is 122 Å². The van der Waals surface area contributed by atoms with Crippen molar-refractivity contribution in [3.05, 3.63) is 47.7 Å². The predicted molar refractivity (Wildman–Crippen MR) is 86.9 cm³/mol. The van der Waals surface area contributed by atoms with E-state index in [1.54, 1.807) is 6.07 Å². The smallest absolute Gasteiger partial charge is 0.116 e. The van der Waals surface area contributed by atoms with Crippen molar-refractivity contribution in [3.63, 3.8) is 0 Å². The zero-order valence-electron chi connectivity index (χ0n) is 12.3. The van der Waals surface area contributed by atoms with Crippen molar-refractivity contribution in [1.29, 1.82) is 0 Å². The topological polar surface area (TPSA) is 38.1 Å². The van der Waals surface area contributed by atoms with Gasteiger partial charge in [0.15, 0.2) is 0 Å². The first kappa shape index (κ1) is 12.2. The summed E-state index contributed by atoms with van der Waals surface area (Å²) in [7, 11) is 2.07. The maximum atomic E-state index is 9.85. The molecule has 2 heterocycles. The number of nitrogens with zero attached hydrogens (tertiary/aromatic N) is 2. The first-order chi connectivity index (χ1) is 10.1. The molecule has 4 aromatic rings. The summed E-state index contributed by atoms with van der Waals surface area (Å²) in [4.78, 5) is 4.56. The average molecular weight is 276 g/mol. The average Bonchev–Trinajstić information content (AvgIpc) is 2.78. The van der Waals surface area contributed by atoms with Gasteiger partial charge in [-0.05, 0) is 49.2 Å². The largest absolute Gasteiger partial charge is 0.508 e. The fourth-order valence-corrected chi connectivity index (χ4v) is 3.50. The van der Waals surface area contributed by atoms with Crippen molar-refractivity contribution in [2.75, 3.05) is 0 Å². The second kappa shape index (κ2) is 3.98. The normalized spacial score (nSPS) is 11.8. The van der Waals surface area contributed by atoms with Gasteiger partial charge < -0.3 is 9.67 Å². The van der Waals surface area contributed by atoms with E-state index in [9.17, 15) is 5.11 Å².